The van der Waals surface area contributed by atoms with Gasteiger partial charge in [0.15, 0.2) is 5.52 Å². The van der Waals surface area contributed by atoms with Crippen LogP contribution in [-0.4, -0.2) is 9.55 Å². The van der Waals surface area contributed by atoms with Gasteiger partial charge in [-0.15, -0.1) is 4.98 Å². The number of nitrogens with zero attached hydrogens (tertiary/aromatic N) is 3. The summed E-state index contributed by atoms with van der Waals surface area (Å²) in [4.78, 5) is 4.65. The van der Waals surface area contributed by atoms with Crippen LogP contribution >= 0.6 is 0 Å². The Morgan fingerprint density at radius 3 is 2.29 bits per heavy atom. The molecule has 0 aliphatic carbocycles. The first-order valence-corrected chi connectivity index (χ1v) is 8.16. The standard InChI is InChI=1S/C21H20N3/c1-15-12-16(2)20(17(3)13-15)24-14-23(18-8-5-4-6-9-18)19-10-7-11-22-21(19)24/h4-14H,1-3H3/q+1. The molecule has 0 aliphatic heterocycles. The average Bonchev–Trinajstić information content (AvgIpc) is 2.94. The molecule has 0 radical (unpaired) electrons. The summed E-state index contributed by atoms with van der Waals surface area (Å²) in [6.07, 6.45) is 3.99. The highest BCUT2D eigenvalue weighted by atomic mass is 15.2. The van der Waals surface area contributed by atoms with E-state index in [1.54, 1.807) is 0 Å². The molecule has 3 nitrogen and oxygen atoms in total. The van der Waals surface area contributed by atoms with E-state index in [1.807, 2.05) is 18.3 Å². The van der Waals surface area contributed by atoms with Gasteiger partial charge in [-0.2, -0.15) is 4.57 Å². The van der Waals surface area contributed by atoms with E-state index < -0.39 is 0 Å². The molecule has 0 spiro atoms. The van der Waals surface area contributed by atoms with Crippen molar-refractivity contribution in [2.45, 2.75) is 20.8 Å². The fourth-order valence-electron chi connectivity index (χ4n) is 3.50. The summed E-state index contributed by atoms with van der Waals surface area (Å²) in [5.74, 6) is 0. The highest BCUT2D eigenvalue weighted by Gasteiger charge is 2.21. The molecule has 0 saturated heterocycles. The quantitative estimate of drug-likeness (QED) is 0.508. The molecule has 0 atom stereocenters. The Morgan fingerprint density at radius 2 is 1.58 bits per heavy atom. The van der Waals surface area contributed by atoms with Gasteiger partial charge in [0.1, 0.15) is 17.6 Å². The summed E-state index contributed by atoms with van der Waals surface area (Å²) in [5, 5.41) is 0. The normalized spacial score (nSPS) is 11.1. The predicted molar refractivity (Wildman–Crippen MR) is 96.8 cm³/mol. The third-order valence-corrected chi connectivity index (χ3v) is 4.40. The third kappa shape index (κ3) is 2.29. The van der Waals surface area contributed by atoms with E-state index in [4.69, 9.17) is 0 Å². The Hall–Kier alpha value is -2.94. The van der Waals surface area contributed by atoms with Crippen molar-refractivity contribution < 1.29 is 4.57 Å². The predicted octanol–water partition coefficient (Wildman–Crippen LogP) is 4.23. The monoisotopic (exact) mass is 314 g/mol. The number of para-hydroxylation sites is 1. The Labute approximate surface area is 141 Å². The van der Waals surface area contributed by atoms with E-state index in [-0.39, 0.29) is 0 Å². The Kier molecular flexibility index (Phi) is 3.42. The van der Waals surface area contributed by atoms with Gasteiger partial charge >= 0.3 is 5.65 Å². The van der Waals surface area contributed by atoms with E-state index in [9.17, 15) is 0 Å². The molecule has 4 rings (SSSR count). The van der Waals surface area contributed by atoms with Crippen molar-refractivity contribution in [1.82, 2.24) is 9.55 Å². The molecule has 0 saturated carbocycles. The molecule has 0 N–H and O–H groups in total. The van der Waals surface area contributed by atoms with Crippen LogP contribution in [-0.2, 0) is 0 Å². The molecule has 2 aromatic carbocycles. The molecule has 4 aromatic rings. The summed E-state index contributed by atoms with van der Waals surface area (Å²) in [6.45, 7) is 6.47. The lowest BCUT2D eigenvalue weighted by Crippen LogP contribution is -2.32. The molecule has 2 aromatic heterocycles. The van der Waals surface area contributed by atoms with Crippen molar-refractivity contribution in [3.05, 3.63) is 83.8 Å². The summed E-state index contributed by atoms with van der Waals surface area (Å²) in [6, 6.07) is 18.9. The molecule has 2 heterocycles. The van der Waals surface area contributed by atoms with Crippen molar-refractivity contribution in [3.63, 3.8) is 0 Å². The third-order valence-electron chi connectivity index (χ3n) is 4.40. The lowest BCUT2D eigenvalue weighted by atomic mass is 10.1. The topological polar surface area (TPSA) is 21.7 Å². The van der Waals surface area contributed by atoms with Gasteiger partial charge in [0.05, 0.1) is 0 Å². The van der Waals surface area contributed by atoms with Gasteiger partial charge in [-0.3, -0.25) is 0 Å². The Balaban J connectivity index is 2.05. The van der Waals surface area contributed by atoms with E-state index in [0.29, 0.717) is 0 Å². The zero-order valence-corrected chi connectivity index (χ0v) is 14.2. The van der Waals surface area contributed by atoms with E-state index >= 15 is 0 Å². The second kappa shape index (κ2) is 5.60. The Bertz CT molecular complexity index is 1010. The first-order chi connectivity index (χ1) is 11.6. The molecule has 118 valence electrons. The molecular weight excluding hydrogens is 294 g/mol. The first kappa shape index (κ1) is 14.6. The van der Waals surface area contributed by atoms with Gasteiger partial charge in [0.2, 0.25) is 6.33 Å². The highest BCUT2D eigenvalue weighted by molar-refractivity contribution is 5.70. The van der Waals surface area contributed by atoms with Crippen molar-refractivity contribution in [1.29, 1.82) is 0 Å². The second-order valence-corrected chi connectivity index (χ2v) is 6.28. The van der Waals surface area contributed by atoms with Crippen molar-refractivity contribution >= 4 is 11.2 Å². The smallest absolute Gasteiger partial charge is 0.226 e. The highest BCUT2D eigenvalue weighted by Crippen LogP contribution is 2.21. The number of fused-ring (bicyclic) bond motifs is 1. The molecule has 0 aliphatic rings. The van der Waals surface area contributed by atoms with Crippen molar-refractivity contribution in [2.24, 2.45) is 0 Å². The van der Waals surface area contributed by atoms with Crippen LogP contribution < -0.4 is 4.57 Å². The molecule has 0 amide bonds. The van der Waals surface area contributed by atoms with E-state index in [1.165, 1.54) is 22.4 Å². The van der Waals surface area contributed by atoms with Gasteiger partial charge in [0, 0.05) is 0 Å². The fraction of sp³-hybridized carbons (Fsp3) is 0.143. The minimum absolute atomic E-state index is 0.969. The minimum Gasteiger partial charge on any atom is -0.226 e. The van der Waals surface area contributed by atoms with Crippen LogP contribution in [0.1, 0.15) is 16.7 Å². The maximum absolute atomic E-state index is 4.65. The van der Waals surface area contributed by atoms with Crippen LogP contribution in [0.5, 0.6) is 0 Å². The maximum atomic E-state index is 4.65. The SMILES string of the molecule is Cc1cc(C)c(-[n+]2cn(-c3ccccc3)c3cccnc32)c(C)c1. The largest absolute Gasteiger partial charge is 0.307 e. The zero-order valence-electron chi connectivity index (χ0n) is 14.2. The summed E-state index contributed by atoms with van der Waals surface area (Å²) in [5.41, 5.74) is 8.22. The number of benzene rings is 2. The van der Waals surface area contributed by atoms with E-state index in [2.05, 4.69) is 83.7 Å². The van der Waals surface area contributed by atoms with Gasteiger partial charge < -0.3 is 0 Å². The second-order valence-electron chi connectivity index (χ2n) is 6.28. The fourth-order valence-corrected chi connectivity index (χ4v) is 3.50. The molecule has 0 fully saturated rings. The number of rotatable bonds is 2. The van der Waals surface area contributed by atoms with Gasteiger partial charge in [-0.25, -0.2) is 4.57 Å². The van der Waals surface area contributed by atoms with Crippen LogP contribution in [0.3, 0.4) is 0 Å². The molecule has 0 unspecified atom stereocenters. The van der Waals surface area contributed by atoms with Gasteiger partial charge in [0.25, 0.3) is 0 Å². The molecule has 3 heteroatoms. The Morgan fingerprint density at radius 1 is 0.875 bits per heavy atom. The van der Waals surface area contributed by atoms with Crippen LogP contribution in [0.4, 0.5) is 0 Å². The number of pyridine rings is 1. The van der Waals surface area contributed by atoms with Crippen LogP contribution in [0, 0.1) is 20.8 Å². The minimum atomic E-state index is 0.969. The van der Waals surface area contributed by atoms with Crippen LogP contribution in [0.15, 0.2) is 67.1 Å². The number of aryl methyl sites for hydroxylation is 3. The van der Waals surface area contributed by atoms with E-state index in [0.717, 1.165) is 16.9 Å². The average molecular weight is 314 g/mol. The number of hydrogen-bond acceptors (Lipinski definition) is 1. The molecular formula is C21H20N3+. The molecule has 0 bridgehead atoms. The first-order valence-electron chi connectivity index (χ1n) is 8.16. The number of imidazole rings is 1. The maximum Gasteiger partial charge on any atom is 0.307 e. The van der Waals surface area contributed by atoms with Gasteiger partial charge in [-0.1, -0.05) is 35.9 Å². The zero-order chi connectivity index (χ0) is 16.7. The summed E-state index contributed by atoms with van der Waals surface area (Å²) >= 11 is 0. The summed E-state index contributed by atoms with van der Waals surface area (Å²) in [7, 11) is 0. The van der Waals surface area contributed by atoms with Crippen molar-refractivity contribution in [2.75, 3.05) is 0 Å². The van der Waals surface area contributed by atoms with Crippen molar-refractivity contribution in [3.8, 4) is 11.4 Å². The lowest BCUT2D eigenvalue weighted by Gasteiger charge is -2.08. The van der Waals surface area contributed by atoms with Crippen LogP contribution in [0.2, 0.25) is 0 Å². The molecule has 24 heavy (non-hydrogen) atoms. The summed E-state index contributed by atoms with van der Waals surface area (Å²) < 4.78 is 4.40. The number of hydrogen-bond donors (Lipinski definition) is 0. The lowest BCUT2D eigenvalue weighted by molar-refractivity contribution is -0.570. The number of aromatic nitrogens is 3. The van der Waals surface area contributed by atoms with Gasteiger partial charge in [-0.05, 0) is 56.2 Å². The van der Waals surface area contributed by atoms with Crippen LogP contribution in [0.25, 0.3) is 22.5 Å².